The van der Waals surface area contributed by atoms with Gasteiger partial charge in [-0.05, 0) is 18.2 Å². The molecular weight excluding hydrogens is 188 g/mol. The van der Waals surface area contributed by atoms with Gasteiger partial charge in [-0.25, -0.2) is 9.50 Å². The fourth-order valence-electron chi connectivity index (χ4n) is 1.08. The van der Waals surface area contributed by atoms with Crippen LogP contribution in [0.4, 0.5) is 0 Å². The third-order valence-corrected chi connectivity index (χ3v) is 1.74. The summed E-state index contributed by atoms with van der Waals surface area (Å²) in [6.07, 6.45) is 8.84. The van der Waals surface area contributed by atoms with E-state index in [-0.39, 0.29) is 0 Å². The molecule has 0 saturated carbocycles. The first-order chi connectivity index (χ1) is 7.47. The highest BCUT2D eigenvalue weighted by atomic mass is 15.2. The molecule has 0 amide bonds. The van der Waals surface area contributed by atoms with Crippen LogP contribution in [0.25, 0.3) is 5.65 Å². The molecule has 74 valence electrons. The molecule has 3 rings (SSSR count). The summed E-state index contributed by atoms with van der Waals surface area (Å²) in [5.41, 5.74) is 0.887. The Kier molecular flexibility index (Phi) is 3.02. The molecule has 3 heterocycles. The minimum atomic E-state index is 0.887. The Morgan fingerprint density at radius 2 is 1.73 bits per heavy atom. The normalized spacial score (nSPS) is 9.33. The van der Waals surface area contributed by atoms with E-state index in [0.29, 0.717) is 0 Å². The van der Waals surface area contributed by atoms with Crippen LogP contribution in [0.15, 0.2) is 61.3 Å². The van der Waals surface area contributed by atoms with Crippen LogP contribution in [0.1, 0.15) is 0 Å². The van der Waals surface area contributed by atoms with E-state index in [4.69, 9.17) is 0 Å². The predicted octanol–water partition coefficient (Wildman–Crippen LogP) is 1.81. The van der Waals surface area contributed by atoms with Crippen molar-refractivity contribution >= 4 is 5.65 Å². The van der Waals surface area contributed by atoms with Gasteiger partial charge in [-0.2, -0.15) is 5.10 Å². The number of hydrogen-bond donors (Lipinski definition) is 0. The molecule has 3 aromatic rings. The molecule has 0 spiro atoms. The van der Waals surface area contributed by atoms with Gasteiger partial charge in [0.15, 0.2) is 5.65 Å². The van der Waals surface area contributed by atoms with Crippen molar-refractivity contribution in [1.29, 1.82) is 0 Å². The Morgan fingerprint density at radius 1 is 0.867 bits per heavy atom. The van der Waals surface area contributed by atoms with Gasteiger partial charge in [0.05, 0.1) is 6.20 Å². The molecule has 3 aromatic heterocycles. The lowest BCUT2D eigenvalue weighted by Crippen LogP contribution is -1.85. The van der Waals surface area contributed by atoms with Gasteiger partial charge in [-0.1, -0.05) is 6.07 Å². The summed E-state index contributed by atoms with van der Waals surface area (Å²) >= 11 is 0. The molecule has 4 heteroatoms. The van der Waals surface area contributed by atoms with Crippen LogP contribution in [-0.2, 0) is 0 Å². The standard InChI is InChI=1S/C6H5N3.C5H5N/c1-3-7-6-2-4-8-9(6)5-1;1-2-4-6-5-3-1/h1-5H;1-5H. The second-order valence-corrected chi connectivity index (χ2v) is 2.78. The van der Waals surface area contributed by atoms with E-state index in [1.807, 2.05) is 36.5 Å². The van der Waals surface area contributed by atoms with E-state index in [1.165, 1.54) is 0 Å². The maximum absolute atomic E-state index is 4.04. The lowest BCUT2D eigenvalue weighted by molar-refractivity contribution is 0.939. The van der Waals surface area contributed by atoms with Crippen molar-refractivity contribution in [3.63, 3.8) is 0 Å². The molecule has 0 radical (unpaired) electrons. The molecule has 4 nitrogen and oxygen atoms in total. The summed E-state index contributed by atoms with van der Waals surface area (Å²) in [5.74, 6) is 0. The lowest BCUT2D eigenvalue weighted by atomic mass is 10.5. The highest BCUT2D eigenvalue weighted by molar-refractivity contribution is 5.33. The van der Waals surface area contributed by atoms with E-state index >= 15 is 0 Å². The van der Waals surface area contributed by atoms with Gasteiger partial charge >= 0.3 is 0 Å². The van der Waals surface area contributed by atoms with Crippen LogP contribution in [0.5, 0.6) is 0 Å². The number of fused-ring (bicyclic) bond motifs is 1. The molecule has 0 unspecified atom stereocenters. The number of nitrogens with zero attached hydrogens (tertiary/aromatic N) is 4. The van der Waals surface area contributed by atoms with Crippen LogP contribution in [0.2, 0.25) is 0 Å². The van der Waals surface area contributed by atoms with Gasteiger partial charge in [0.1, 0.15) is 0 Å². The lowest BCUT2D eigenvalue weighted by Gasteiger charge is -1.85. The van der Waals surface area contributed by atoms with Crippen LogP contribution >= 0.6 is 0 Å². The molecule has 0 aliphatic heterocycles. The van der Waals surface area contributed by atoms with Crippen molar-refractivity contribution in [3.05, 3.63) is 61.3 Å². The Labute approximate surface area is 87.2 Å². The monoisotopic (exact) mass is 198 g/mol. The first kappa shape index (κ1) is 9.33. The second-order valence-electron chi connectivity index (χ2n) is 2.78. The molecule has 0 N–H and O–H groups in total. The summed E-state index contributed by atoms with van der Waals surface area (Å²) in [6, 6.07) is 9.42. The summed E-state index contributed by atoms with van der Waals surface area (Å²) in [7, 11) is 0. The summed E-state index contributed by atoms with van der Waals surface area (Å²) < 4.78 is 1.72. The Hall–Kier alpha value is -2.23. The zero-order valence-corrected chi connectivity index (χ0v) is 8.06. The van der Waals surface area contributed by atoms with Gasteiger partial charge in [0.2, 0.25) is 0 Å². The van der Waals surface area contributed by atoms with Crippen LogP contribution in [-0.4, -0.2) is 19.6 Å². The van der Waals surface area contributed by atoms with Gasteiger partial charge in [0, 0.05) is 30.9 Å². The second kappa shape index (κ2) is 4.85. The highest BCUT2D eigenvalue weighted by Crippen LogP contribution is 1.93. The molecule has 0 aliphatic carbocycles. The predicted molar refractivity (Wildman–Crippen MR) is 57.2 cm³/mol. The molecule has 0 atom stereocenters. The maximum Gasteiger partial charge on any atom is 0.154 e. The van der Waals surface area contributed by atoms with E-state index in [1.54, 1.807) is 29.3 Å². The van der Waals surface area contributed by atoms with Gasteiger partial charge in [-0.15, -0.1) is 0 Å². The number of pyridine rings is 1. The molecule has 0 aliphatic rings. The van der Waals surface area contributed by atoms with E-state index in [9.17, 15) is 0 Å². The fraction of sp³-hybridized carbons (Fsp3) is 0. The molecule has 0 saturated heterocycles. The molecule has 0 fully saturated rings. The molecule has 15 heavy (non-hydrogen) atoms. The third-order valence-electron chi connectivity index (χ3n) is 1.74. The summed E-state index contributed by atoms with van der Waals surface area (Å²) in [6.45, 7) is 0. The Bertz CT molecular complexity index is 447. The van der Waals surface area contributed by atoms with Crippen molar-refractivity contribution in [2.24, 2.45) is 0 Å². The van der Waals surface area contributed by atoms with Crippen LogP contribution in [0, 0.1) is 0 Å². The van der Waals surface area contributed by atoms with Crippen molar-refractivity contribution < 1.29 is 0 Å². The summed E-state index contributed by atoms with van der Waals surface area (Å²) in [4.78, 5) is 7.83. The average molecular weight is 198 g/mol. The highest BCUT2D eigenvalue weighted by Gasteiger charge is 1.87. The average Bonchev–Trinajstić information content (AvgIpc) is 2.80. The van der Waals surface area contributed by atoms with Gasteiger partial charge in [0.25, 0.3) is 0 Å². The topological polar surface area (TPSA) is 43.1 Å². The fourth-order valence-corrected chi connectivity index (χ4v) is 1.08. The maximum atomic E-state index is 4.04. The molecule has 0 bridgehead atoms. The van der Waals surface area contributed by atoms with Gasteiger partial charge in [-0.3, -0.25) is 4.98 Å². The van der Waals surface area contributed by atoms with Crippen molar-refractivity contribution in [3.8, 4) is 0 Å². The third kappa shape index (κ3) is 2.60. The van der Waals surface area contributed by atoms with Crippen molar-refractivity contribution in [1.82, 2.24) is 19.6 Å². The largest absolute Gasteiger partial charge is 0.265 e. The van der Waals surface area contributed by atoms with Gasteiger partial charge < -0.3 is 0 Å². The quantitative estimate of drug-likeness (QED) is 0.553. The first-order valence-corrected chi connectivity index (χ1v) is 4.56. The van der Waals surface area contributed by atoms with Crippen LogP contribution < -0.4 is 0 Å². The number of aromatic nitrogens is 4. The van der Waals surface area contributed by atoms with E-state index < -0.39 is 0 Å². The zero-order valence-electron chi connectivity index (χ0n) is 8.06. The molecular formula is C11H10N4. The Balaban J connectivity index is 0.000000124. The minimum absolute atomic E-state index is 0.887. The Morgan fingerprint density at radius 3 is 2.33 bits per heavy atom. The van der Waals surface area contributed by atoms with Crippen molar-refractivity contribution in [2.75, 3.05) is 0 Å². The number of hydrogen-bond acceptors (Lipinski definition) is 3. The summed E-state index contributed by atoms with van der Waals surface area (Å²) in [5, 5.41) is 3.97. The number of rotatable bonds is 0. The smallest absolute Gasteiger partial charge is 0.154 e. The SMILES string of the molecule is c1ccncc1.c1cnc2ccnn2c1. The zero-order chi connectivity index (χ0) is 10.3. The molecule has 0 aromatic carbocycles. The van der Waals surface area contributed by atoms with E-state index in [2.05, 4.69) is 15.1 Å². The van der Waals surface area contributed by atoms with Crippen molar-refractivity contribution in [2.45, 2.75) is 0 Å². The van der Waals surface area contributed by atoms with Crippen LogP contribution in [0.3, 0.4) is 0 Å². The first-order valence-electron chi connectivity index (χ1n) is 4.56. The van der Waals surface area contributed by atoms with E-state index in [0.717, 1.165) is 5.65 Å². The minimum Gasteiger partial charge on any atom is -0.265 e.